The van der Waals surface area contributed by atoms with E-state index in [9.17, 15) is 9.18 Å². The highest BCUT2D eigenvalue weighted by Crippen LogP contribution is 2.31. The van der Waals surface area contributed by atoms with Crippen LogP contribution in [-0.4, -0.2) is 33.4 Å². The Labute approximate surface area is 164 Å². The summed E-state index contributed by atoms with van der Waals surface area (Å²) in [6.45, 7) is 1.69. The predicted molar refractivity (Wildman–Crippen MR) is 104 cm³/mol. The van der Waals surface area contributed by atoms with Gasteiger partial charge in [-0.25, -0.2) is 9.37 Å². The van der Waals surface area contributed by atoms with E-state index in [1.54, 1.807) is 44.4 Å². The normalized spacial score (nSPS) is 11.9. The van der Waals surface area contributed by atoms with Crippen LogP contribution in [0.15, 0.2) is 47.6 Å². The van der Waals surface area contributed by atoms with Gasteiger partial charge in [-0.05, 0) is 37.3 Å². The molecule has 3 rings (SSSR count). The number of ether oxygens (including phenoxy) is 1. The fraction of sp³-hybridized carbons (Fsp3) is 0.167. The SMILES string of the molecule is COc1ccc(Cl)cc1-c1nc(S[C@@H](C)C(=O)Nc2ccccc2F)n[nH]1. The molecule has 0 aliphatic heterocycles. The van der Waals surface area contributed by atoms with E-state index in [1.807, 2.05) is 0 Å². The highest BCUT2D eigenvalue weighted by molar-refractivity contribution is 8.00. The van der Waals surface area contributed by atoms with E-state index in [1.165, 1.54) is 12.1 Å². The molecule has 1 aromatic heterocycles. The zero-order valence-electron chi connectivity index (χ0n) is 14.5. The summed E-state index contributed by atoms with van der Waals surface area (Å²) in [6.07, 6.45) is 0. The number of aromatic nitrogens is 3. The van der Waals surface area contributed by atoms with Crippen molar-refractivity contribution in [2.75, 3.05) is 12.4 Å². The van der Waals surface area contributed by atoms with Crippen LogP contribution in [0.25, 0.3) is 11.4 Å². The van der Waals surface area contributed by atoms with Crippen LogP contribution in [0.1, 0.15) is 6.92 Å². The van der Waals surface area contributed by atoms with E-state index in [-0.39, 0.29) is 11.6 Å². The van der Waals surface area contributed by atoms with Crippen molar-refractivity contribution in [3.8, 4) is 17.1 Å². The lowest BCUT2D eigenvalue weighted by Gasteiger charge is -2.10. The second-order valence-electron chi connectivity index (χ2n) is 5.54. The number of carbonyl (C=O) groups is 1. The molecule has 2 N–H and O–H groups in total. The van der Waals surface area contributed by atoms with Crippen LogP contribution >= 0.6 is 23.4 Å². The van der Waals surface area contributed by atoms with Gasteiger partial charge in [-0.2, -0.15) is 0 Å². The number of nitrogens with one attached hydrogen (secondary N) is 2. The number of carbonyl (C=O) groups excluding carboxylic acids is 1. The van der Waals surface area contributed by atoms with Crippen molar-refractivity contribution in [2.45, 2.75) is 17.3 Å². The summed E-state index contributed by atoms with van der Waals surface area (Å²) in [5.74, 6) is 0.226. The fourth-order valence-corrected chi connectivity index (χ4v) is 3.19. The van der Waals surface area contributed by atoms with Gasteiger partial charge in [-0.1, -0.05) is 35.5 Å². The van der Waals surface area contributed by atoms with Crippen LogP contribution < -0.4 is 10.1 Å². The van der Waals surface area contributed by atoms with Crippen LogP contribution in [0.5, 0.6) is 5.75 Å². The molecule has 0 saturated carbocycles. The van der Waals surface area contributed by atoms with Crippen molar-refractivity contribution in [1.82, 2.24) is 15.2 Å². The van der Waals surface area contributed by atoms with Gasteiger partial charge in [0.1, 0.15) is 11.6 Å². The number of anilines is 1. The number of thioether (sulfide) groups is 1. The van der Waals surface area contributed by atoms with Gasteiger partial charge in [-0.3, -0.25) is 9.89 Å². The van der Waals surface area contributed by atoms with Crippen LogP contribution in [-0.2, 0) is 4.79 Å². The summed E-state index contributed by atoms with van der Waals surface area (Å²) in [7, 11) is 1.55. The molecule has 1 atom stereocenters. The number of hydrogen-bond acceptors (Lipinski definition) is 5. The number of methoxy groups -OCH3 is 1. The summed E-state index contributed by atoms with van der Waals surface area (Å²) in [5, 5.41) is 9.87. The van der Waals surface area contributed by atoms with E-state index >= 15 is 0 Å². The van der Waals surface area contributed by atoms with Crippen molar-refractivity contribution >= 4 is 35.0 Å². The molecule has 6 nitrogen and oxygen atoms in total. The lowest BCUT2D eigenvalue weighted by Crippen LogP contribution is -2.23. The monoisotopic (exact) mass is 406 g/mol. The topological polar surface area (TPSA) is 79.9 Å². The Kier molecular flexibility index (Phi) is 5.98. The molecular weight excluding hydrogens is 391 g/mol. The number of para-hydroxylation sites is 1. The summed E-state index contributed by atoms with van der Waals surface area (Å²) < 4.78 is 19.0. The van der Waals surface area contributed by atoms with Crippen molar-refractivity contribution in [3.05, 3.63) is 53.3 Å². The molecule has 9 heteroatoms. The molecule has 1 amide bonds. The van der Waals surface area contributed by atoms with Gasteiger partial charge >= 0.3 is 0 Å². The van der Waals surface area contributed by atoms with Gasteiger partial charge in [0.15, 0.2) is 5.82 Å². The summed E-state index contributed by atoms with van der Waals surface area (Å²) >= 11 is 7.19. The number of benzene rings is 2. The standard InChI is InChI=1S/C18H16ClFN4O2S/c1-10(17(25)21-14-6-4-3-5-13(14)20)27-18-22-16(23-24-18)12-9-11(19)7-8-15(12)26-2/h3-10H,1-2H3,(H,21,25)(H,22,23,24)/t10-/m0/s1. The molecule has 0 radical (unpaired) electrons. The Balaban J connectivity index is 1.71. The first-order chi connectivity index (χ1) is 13.0. The number of aromatic amines is 1. The van der Waals surface area contributed by atoms with Crippen LogP contribution in [0.4, 0.5) is 10.1 Å². The molecule has 0 aliphatic carbocycles. The predicted octanol–water partition coefficient (Wildman–Crippen LogP) is 4.39. The van der Waals surface area contributed by atoms with Gasteiger partial charge in [0, 0.05) is 5.02 Å². The van der Waals surface area contributed by atoms with Crippen LogP contribution in [0, 0.1) is 5.82 Å². The first kappa shape index (κ1) is 19.2. The Morgan fingerprint density at radius 2 is 2.11 bits per heavy atom. The van der Waals surface area contributed by atoms with Crippen molar-refractivity contribution in [2.24, 2.45) is 0 Å². The molecular formula is C18H16ClFN4O2S. The maximum absolute atomic E-state index is 13.7. The quantitative estimate of drug-likeness (QED) is 0.593. The second kappa shape index (κ2) is 8.41. The van der Waals surface area contributed by atoms with Crippen LogP contribution in [0.2, 0.25) is 5.02 Å². The largest absolute Gasteiger partial charge is 0.496 e. The molecule has 0 bridgehead atoms. The second-order valence-corrected chi connectivity index (χ2v) is 7.28. The first-order valence-corrected chi connectivity index (χ1v) is 9.22. The molecule has 0 fully saturated rings. The van der Waals surface area contributed by atoms with Gasteiger partial charge in [-0.15, -0.1) is 5.10 Å². The van der Waals surface area contributed by atoms with E-state index in [2.05, 4.69) is 20.5 Å². The highest BCUT2D eigenvalue weighted by Gasteiger charge is 2.19. The van der Waals surface area contributed by atoms with E-state index in [4.69, 9.17) is 16.3 Å². The third-order valence-corrected chi connectivity index (χ3v) is 4.86. The molecule has 0 spiro atoms. The zero-order chi connectivity index (χ0) is 19.4. The fourth-order valence-electron chi connectivity index (χ4n) is 2.29. The highest BCUT2D eigenvalue weighted by atomic mass is 35.5. The molecule has 2 aromatic carbocycles. The minimum absolute atomic E-state index is 0.134. The summed E-state index contributed by atoms with van der Waals surface area (Å²) in [4.78, 5) is 16.7. The number of rotatable bonds is 6. The number of H-pyrrole nitrogens is 1. The Morgan fingerprint density at radius 3 is 2.85 bits per heavy atom. The number of hydrogen-bond donors (Lipinski definition) is 2. The number of halogens is 2. The van der Waals surface area contributed by atoms with E-state index in [0.29, 0.717) is 27.3 Å². The van der Waals surface area contributed by atoms with Crippen molar-refractivity contribution < 1.29 is 13.9 Å². The Bertz CT molecular complexity index is 966. The third-order valence-electron chi connectivity index (χ3n) is 3.66. The average Bonchev–Trinajstić information content (AvgIpc) is 3.11. The molecule has 140 valence electrons. The molecule has 27 heavy (non-hydrogen) atoms. The lowest BCUT2D eigenvalue weighted by molar-refractivity contribution is -0.115. The molecule has 0 unspecified atom stereocenters. The Hall–Kier alpha value is -2.58. The summed E-state index contributed by atoms with van der Waals surface area (Å²) in [5.41, 5.74) is 0.794. The third kappa shape index (κ3) is 4.58. The van der Waals surface area contributed by atoms with Gasteiger partial charge < -0.3 is 10.1 Å². The Morgan fingerprint density at radius 1 is 1.33 bits per heavy atom. The summed E-state index contributed by atoms with van der Waals surface area (Å²) in [6, 6.07) is 11.2. The average molecular weight is 407 g/mol. The maximum atomic E-state index is 13.7. The zero-order valence-corrected chi connectivity index (χ0v) is 16.1. The lowest BCUT2D eigenvalue weighted by atomic mass is 10.2. The smallest absolute Gasteiger partial charge is 0.237 e. The van der Waals surface area contributed by atoms with Crippen molar-refractivity contribution in [3.63, 3.8) is 0 Å². The first-order valence-electron chi connectivity index (χ1n) is 7.96. The van der Waals surface area contributed by atoms with Gasteiger partial charge in [0.2, 0.25) is 11.1 Å². The van der Waals surface area contributed by atoms with Gasteiger partial charge in [0.05, 0.1) is 23.6 Å². The van der Waals surface area contributed by atoms with Gasteiger partial charge in [0.25, 0.3) is 0 Å². The number of amides is 1. The van der Waals surface area contributed by atoms with E-state index < -0.39 is 11.1 Å². The molecule has 1 heterocycles. The molecule has 3 aromatic rings. The molecule has 0 aliphatic rings. The van der Waals surface area contributed by atoms with Crippen molar-refractivity contribution in [1.29, 1.82) is 0 Å². The minimum atomic E-state index is -0.533. The number of nitrogens with zero attached hydrogens (tertiary/aromatic N) is 2. The van der Waals surface area contributed by atoms with Crippen LogP contribution in [0.3, 0.4) is 0 Å². The molecule has 0 saturated heterocycles. The minimum Gasteiger partial charge on any atom is -0.496 e. The van der Waals surface area contributed by atoms with E-state index in [0.717, 1.165) is 11.8 Å². The maximum Gasteiger partial charge on any atom is 0.237 e.